The Labute approximate surface area is 761 Å². The molecule has 696 valence electrons. The molecule has 14 heteroatoms. The molecule has 4 aromatic rings. The third kappa shape index (κ3) is 22.3. The van der Waals surface area contributed by atoms with Crippen molar-refractivity contribution in [1.29, 1.82) is 0 Å². The highest BCUT2D eigenvalue weighted by molar-refractivity contribution is 6.64. The summed E-state index contributed by atoms with van der Waals surface area (Å²) in [5, 5.41) is 25.3. The highest BCUT2D eigenvalue weighted by Crippen LogP contribution is 2.98. The monoisotopic (exact) mass is 1750 g/mol. The van der Waals surface area contributed by atoms with Crippen LogP contribution < -0.4 is 0 Å². The minimum Gasteiger partial charge on any atom is -0.380 e. The van der Waals surface area contributed by atoms with Gasteiger partial charge in [0.1, 0.15) is 59.8 Å². The molecule has 9 fully saturated rings. The van der Waals surface area contributed by atoms with Crippen LogP contribution in [0.25, 0.3) is 0 Å². The van der Waals surface area contributed by atoms with Gasteiger partial charge in [-0.15, -0.1) is 0 Å². The van der Waals surface area contributed by atoms with Crippen molar-refractivity contribution in [3.63, 3.8) is 0 Å². The number of likely N-dealkylation sites (N-methyl/N-ethyl adjacent to an activating group) is 4. The van der Waals surface area contributed by atoms with Crippen LogP contribution in [0.2, 0.25) is 12.1 Å². The Kier molecular flexibility index (Phi) is 36.1. The van der Waals surface area contributed by atoms with E-state index >= 15 is 0 Å². The third-order valence-electron chi connectivity index (χ3n) is 33.8. The number of aliphatic hydroxyl groups is 2. The summed E-state index contributed by atoms with van der Waals surface area (Å²) in [5.41, 5.74) is 3.37. The summed E-state index contributed by atoms with van der Waals surface area (Å²) in [6, 6.07) is 40.8. The molecule has 4 aliphatic heterocycles. The summed E-state index contributed by atoms with van der Waals surface area (Å²) < 4.78 is 48.9. The van der Waals surface area contributed by atoms with E-state index in [0.717, 1.165) is 124 Å². The molecule has 4 spiro atoms. The highest BCUT2D eigenvalue weighted by Gasteiger charge is 3.14. The molecule has 0 amide bonds. The van der Waals surface area contributed by atoms with Gasteiger partial charge in [-0.3, -0.25) is 0 Å². The average molecular weight is 1750 g/mol. The van der Waals surface area contributed by atoms with Crippen molar-refractivity contribution in [2.75, 3.05) is 108 Å². The summed E-state index contributed by atoms with van der Waals surface area (Å²) in [5.74, 6) is 2.13. The molecule has 9 aliphatic rings. The standard InChI is InChI=1S/C110H184N4O8Si2/c1-11-15-17-19-21-23-25-31-41-57-81-111(5,6)85-87-113(9,79-13-3)83-59-43-35-37-49-63-93-69-73-97(74-70-93)105(115,95-65-51-47-52-66-95)77-55-39-29-27-33-45-61-89-123-117-101-91-99-103-104-100-92-102-108(100)110(104,109(103,121-123)107(99,101)119-123)122-124(118-102,120-108)90-62-46-34-28-30-40-56-78-106(116,96-67-53-48-54-68-96)98-75-71-94(72-76-98)64-50-38-36-44-60-84-114(10,80-14-4)88-86-112(7,8)82-58-42-32-26-24-22-20-18-16-12-2/h47-48,51-54,65-76,99-104,115-116H,11-46,49-50,55-64,77-92H2,1-10H3/q+4. The minimum absolute atomic E-state index is 0.152. The molecule has 4 aromatic carbocycles. The van der Waals surface area contributed by atoms with Crippen molar-refractivity contribution in [3.05, 3.63) is 143 Å². The van der Waals surface area contributed by atoms with Gasteiger partial charge in [-0.25, -0.2) is 0 Å². The summed E-state index contributed by atoms with van der Waals surface area (Å²) in [6.45, 7) is 22.4. The Hall–Kier alpha value is -3.17. The molecular formula is C110H184N4O8Si2+4. The van der Waals surface area contributed by atoms with E-state index in [1.165, 1.54) is 338 Å². The second kappa shape index (κ2) is 45.5. The van der Waals surface area contributed by atoms with Crippen LogP contribution in [-0.4, -0.2) is 188 Å². The molecule has 13 rings (SSSR count). The Bertz CT molecular complexity index is 3520. The first-order valence-corrected chi connectivity index (χ1v) is 57.2. The van der Waals surface area contributed by atoms with Crippen LogP contribution in [-0.2, 0) is 50.6 Å². The Morgan fingerprint density at radius 3 is 0.919 bits per heavy atom. The van der Waals surface area contributed by atoms with Crippen LogP contribution in [0, 0.1) is 23.7 Å². The van der Waals surface area contributed by atoms with E-state index in [1.54, 1.807) is 0 Å². The van der Waals surface area contributed by atoms with E-state index in [-0.39, 0.29) is 23.4 Å². The normalized spacial score (nSPS) is 28.3. The van der Waals surface area contributed by atoms with Crippen LogP contribution in [0.15, 0.2) is 109 Å². The van der Waals surface area contributed by atoms with E-state index in [9.17, 15) is 10.2 Å². The summed E-state index contributed by atoms with van der Waals surface area (Å²) in [7, 11) is 9.22. The molecule has 0 radical (unpaired) electrons. The van der Waals surface area contributed by atoms with Gasteiger partial charge in [-0.05, 0) is 175 Å². The van der Waals surface area contributed by atoms with Crippen LogP contribution in [0.4, 0.5) is 0 Å². The maximum Gasteiger partial charge on any atom is 0.502 e. The van der Waals surface area contributed by atoms with Crippen LogP contribution in [0.3, 0.4) is 0 Å². The van der Waals surface area contributed by atoms with Crippen LogP contribution in [0.5, 0.6) is 0 Å². The molecule has 2 N–H and O–H groups in total. The molecular weight excluding hydrogens is 1560 g/mol. The molecule has 4 saturated heterocycles. The van der Waals surface area contributed by atoms with Crippen molar-refractivity contribution >= 4 is 17.6 Å². The van der Waals surface area contributed by atoms with E-state index in [1.807, 2.05) is 0 Å². The first-order chi connectivity index (χ1) is 60.1. The van der Waals surface area contributed by atoms with Gasteiger partial charge >= 0.3 is 17.6 Å². The fourth-order valence-corrected chi connectivity index (χ4v) is 33.8. The lowest BCUT2D eigenvalue weighted by Crippen LogP contribution is -3.11. The molecule has 16 unspecified atom stereocenters. The second-order valence-electron chi connectivity index (χ2n) is 44.3. The van der Waals surface area contributed by atoms with Crippen molar-refractivity contribution < 1.29 is 54.7 Å². The fraction of sp³-hybridized carbons (Fsp3) is 0.782. The fourth-order valence-electron chi connectivity index (χ4n) is 26.3. The first kappa shape index (κ1) is 98.3. The lowest BCUT2D eigenvalue weighted by atomic mass is 9.14. The quantitative estimate of drug-likeness (QED) is 0.0256. The molecule has 4 bridgehead atoms. The minimum atomic E-state index is -2.89. The number of nitrogens with zero attached hydrogens (tertiary/aromatic N) is 4. The number of benzene rings is 4. The summed E-state index contributed by atoms with van der Waals surface area (Å²) in [4.78, 5) is 0. The van der Waals surface area contributed by atoms with Crippen molar-refractivity contribution in [1.82, 2.24) is 0 Å². The number of fused-ring (bicyclic) bond motifs is 5. The van der Waals surface area contributed by atoms with Gasteiger partial charge in [0.05, 0.1) is 93.8 Å². The summed E-state index contributed by atoms with van der Waals surface area (Å²) in [6.07, 6.45) is 65.9. The number of unbranched alkanes of at least 4 members (excludes halogenated alkanes) is 38. The average Bonchev–Trinajstić information content (AvgIpc) is 1.32. The van der Waals surface area contributed by atoms with E-state index in [2.05, 4.69) is 179 Å². The van der Waals surface area contributed by atoms with Gasteiger partial charge < -0.3 is 54.7 Å². The molecule has 4 heterocycles. The molecule has 124 heavy (non-hydrogen) atoms. The molecule has 5 saturated carbocycles. The number of quaternary nitrogens is 4. The van der Waals surface area contributed by atoms with Crippen LogP contribution in [0.1, 0.15) is 382 Å². The third-order valence-corrected chi connectivity index (χ3v) is 39.6. The second-order valence-corrected chi connectivity index (χ2v) is 49.3. The zero-order valence-electron chi connectivity index (χ0n) is 81.2. The van der Waals surface area contributed by atoms with Crippen molar-refractivity contribution in [3.8, 4) is 0 Å². The van der Waals surface area contributed by atoms with Gasteiger partial charge in [0.25, 0.3) is 0 Å². The molecule has 16 atom stereocenters. The Balaban J connectivity index is 0.479. The van der Waals surface area contributed by atoms with E-state index < -0.39 is 40.0 Å². The van der Waals surface area contributed by atoms with E-state index in [4.69, 9.17) is 26.6 Å². The molecule has 5 aliphatic carbocycles. The van der Waals surface area contributed by atoms with Gasteiger partial charge in [0.2, 0.25) is 0 Å². The maximum atomic E-state index is 12.6. The Morgan fingerprint density at radius 2 is 0.589 bits per heavy atom. The zero-order valence-corrected chi connectivity index (χ0v) is 83.2. The molecule has 12 nitrogen and oxygen atoms in total. The SMILES string of the molecule is CCCCCCCCCCCC[N+](C)(C)CC[N+](C)(CCC)CCCCCCCc1ccc(C(O)(CCCCCCCCC[Si]23OC4CC5C6C7C8CC9O[Si]%10(CCCCCCCCCC(O)(c%11ccccc%11)c%11ccc(CCCCCCC[N+](C)(CCC)CC[N+](C)(C)CCCCCCCCCCCC)cc%11)OC98C7(O%10)C6(O2)C45O3)c2ccccc2)cc1. The first-order valence-electron chi connectivity index (χ1n) is 53.3. The topological polar surface area (TPSA) is 95.8 Å². The smallest absolute Gasteiger partial charge is 0.380 e. The number of rotatable bonds is 72. The zero-order chi connectivity index (χ0) is 87.2. The number of hydrogen-bond acceptors (Lipinski definition) is 8. The number of hydrogen-bond donors (Lipinski definition) is 2. The number of aryl methyl sites for hydroxylation is 2. The lowest BCUT2D eigenvalue weighted by Gasteiger charge is -2.95. The predicted octanol–water partition coefficient (Wildman–Crippen LogP) is 25.8. The highest BCUT2D eigenvalue weighted by atomic mass is 28.4. The van der Waals surface area contributed by atoms with Crippen molar-refractivity contribution in [2.45, 2.75) is 419 Å². The molecule has 0 aromatic heterocycles. The van der Waals surface area contributed by atoms with E-state index in [0.29, 0.717) is 23.7 Å². The Morgan fingerprint density at radius 1 is 0.298 bits per heavy atom. The summed E-state index contributed by atoms with van der Waals surface area (Å²) >= 11 is 0. The van der Waals surface area contributed by atoms with Gasteiger partial charge in [0, 0.05) is 35.8 Å². The predicted molar refractivity (Wildman–Crippen MR) is 518 cm³/mol. The lowest BCUT2D eigenvalue weighted by molar-refractivity contribution is -0.955. The largest absolute Gasteiger partial charge is 0.502 e. The van der Waals surface area contributed by atoms with Gasteiger partial charge in [-0.2, -0.15) is 0 Å². The van der Waals surface area contributed by atoms with Crippen LogP contribution >= 0.6 is 0 Å². The van der Waals surface area contributed by atoms with Gasteiger partial charge in [0.15, 0.2) is 0 Å². The van der Waals surface area contributed by atoms with Gasteiger partial charge in [-0.1, -0.05) is 330 Å². The maximum absolute atomic E-state index is 12.6. The van der Waals surface area contributed by atoms with Crippen molar-refractivity contribution in [2.24, 2.45) is 23.7 Å².